The van der Waals surface area contributed by atoms with Gasteiger partial charge in [-0.1, -0.05) is 24.3 Å². The summed E-state index contributed by atoms with van der Waals surface area (Å²) >= 11 is 0. The zero-order valence-corrected chi connectivity index (χ0v) is 12.1. The van der Waals surface area contributed by atoms with E-state index < -0.39 is 5.60 Å². The molecule has 2 aromatic carbocycles. The second-order valence-electron chi connectivity index (χ2n) is 6.04. The molecule has 0 aromatic heterocycles. The predicted octanol–water partition coefficient (Wildman–Crippen LogP) is 3.26. The van der Waals surface area contributed by atoms with Gasteiger partial charge in [0.2, 0.25) is 0 Å². The molecule has 0 saturated carbocycles. The van der Waals surface area contributed by atoms with Gasteiger partial charge >= 0.3 is 0 Å². The van der Waals surface area contributed by atoms with Crippen molar-refractivity contribution < 1.29 is 5.11 Å². The number of hydrogen-bond acceptors (Lipinski definition) is 2. The number of hydrogen-bond donors (Lipinski definition) is 2. The van der Waals surface area contributed by atoms with Crippen molar-refractivity contribution in [2.45, 2.75) is 38.7 Å². The van der Waals surface area contributed by atoms with Crippen molar-refractivity contribution >= 4 is 5.69 Å². The van der Waals surface area contributed by atoms with Crippen molar-refractivity contribution in [3.8, 4) is 0 Å². The summed E-state index contributed by atoms with van der Waals surface area (Å²) in [5.74, 6) is 0. The van der Waals surface area contributed by atoms with Gasteiger partial charge in [-0.15, -0.1) is 0 Å². The van der Waals surface area contributed by atoms with Crippen LogP contribution in [0.1, 0.15) is 34.2 Å². The van der Waals surface area contributed by atoms with Crippen LogP contribution in [0, 0.1) is 13.8 Å². The largest absolute Gasteiger partial charge is 0.399 e. The van der Waals surface area contributed by atoms with Gasteiger partial charge in [0.1, 0.15) is 0 Å². The van der Waals surface area contributed by atoms with Crippen LogP contribution in [0.5, 0.6) is 0 Å². The van der Waals surface area contributed by atoms with Gasteiger partial charge in [-0.05, 0) is 66.6 Å². The van der Waals surface area contributed by atoms with Crippen molar-refractivity contribution in [1.29, 1.82) is 0 Å². The molecular formula is C18H21NO. The molecule has 104 valence electrons. The first-order valence-electron chi connectivity index (χ1n) is 7.15. The summed E-state index contributed by atoms with van der Waals surface area (Å²) in [7, 11) is 0. The summed E-state index contributed by atoms with van der Waals surface area (Å²) in [6.07, 6.45) is 2.35. The van der Waals surface area contributed by atoms with Crippen LogP contribution in [0.15, 0.2) is 36.4 Å². The van der Waals surface area contributed by atoms with E-state index in [1.807, 2.05) is 18.2 Å². The average molecular weight is 267 g/mol. The van der Waals surface area contributed by atoms with Gasteiger partial charge in [0.15, 0.2) is 0 Å². The van der Waals surface area contributed by atoms with Crippen LogP contribution < -0.4 is 5.73 Å². The lowest BCUT2D eigenvalue weighted by Crippen LogP contribution is -2.25. The maximum Gasteiger partial charge on any atom is 0.0942 e. The molecule has 0 amide bonds. The molecule has 0 radical (unpaired) electrons. The topological polar surface area (TPSA) is 46.2 Å². The minimum atomic E-state index is -0.745. The SMILES string of the molecule is Cc1ccc(CC2(O)CCc3cc(N)ccc32)cc1C. The van der Waals surface area contributed by atoms with Gasteiger partial charge in [0, 0.05) is 12.1 Å². The molecule has 3 rings (SSSR count). The van der Waals surface area contributed by atoms with E-state index in [0.29, 0.717) is 6.42 Å². The van der Waals surface area contributed by atoms with E-state index in [0.717, 1.165) is 24.1 Å². The molecule has 0 fully saturated rings. The van der Waals surface area contributed by atoms with Gasteiger partial charge in [0.05, 0.1) is 5.60 Å². The number of aryl methyl sites for hydroxylation is 3. The highest BCUT2D eigenvalue weighted by Crippen LogP contribution is 2.40. The van der Waals surface area contributed by atoms with Crippen molar-refractivity contribution in [2.75, 3.05) is 5.73 Å². The molecule has 2 heteroatoms. The molecule has 0 aliphatic heterocycles. The fourth-order valence-corrected chi connectivity index (χ4v) is 3.19. The molecule has 0 heterocycles. The van der Waals surface area contributed by atoms with Gasteiger partial charge in [0.25, 0.3) is 0 Å². The highest BCUT2D eigenvalue weighted by molar-refractivity contribution is 5.49. The zero-order chi connectivity index (χ0) is 14.3. The van der Waals surface area contributed by atoms with Gasteiger partial charge in [-0.25, -0.2) is 0 Å². The monoisotopic (exact) mass is 267 g/mol. The molecule has 0 saturated heterocycles. The lowest BCUT2D eigenvalue weighted by atomic mass is 9.88. The van der Waals surface area contributed by atoms with Gasteiger partial charge < -0.3 is 10.8 Å². The first-order chi connectivity index (χ1) is 9.48. The number of rotatable bonds is 2. The Bertz CT molecular complexity index is 662. The Balaban J connectivity index is 1.93. The van der Waals surface area contributed by atoms with Crippen LogP contribution in [-0.4, -0.2) is 5.11 Å². The zero-order valence-electron chi connectivity index (χ0n) is 12.1. The second-order valence-corrected chi connectivity index (χ2v) is 6.04. The third kappa shape index (κ3) is 2.20. The van der Waals surface area contributed by atoms with E-state index in [1.54, 1.807) is 0 Å². The van der Waals surface area contributed by atoms with E-state index in [-0.39, 0.29) is 0 Å². The normalized spacial score (nSPS) is 20.9. The van der Waals surface area contributed by atoms with E-state index in [2.05, 4.69) is 32.0 Å². The van der Waals surface area contributed by atoms with E-state index in [4.69, 9.17) is 5.73 Å². The third-order valence-corrected chi connectivity index (χ3v) is 4.51. The van der Waals surface area contributed by atoms with Crippen molar-refractivity contribution in [3.63, 3.8) is 0 Å². The molecule has 2 aromatic rings. The summed E-state index contributed by atoms with van der Waals surface area (Å²) < 4.78 is 0. The first-order valence-corrected chi connectivity index (χ1v) is 7.15. The molecule has 1 aliphatic carbocycles. The molecule has 0 bridgehead atoms. The third-order valence-electron chi connectivity index (χ3n) is 4.51. The van der Waals surface area contributed by atoms with Crippen molar-refractivity contribution in [3.05, 3.63) is 64.2 Å². The summed E-state index contributed by atoms with van der Waals surface area (Å²) in [6, 6.07) is 12.3. The van der Waals surface area contributed by atoms with Gasteiger partial charge in [-0.3, -0.25) is 0 Å². The minimum absolute atomic E-state index is 0.672. The molecule has 2 nitrogen and oxygen atoms in total. The van der Waals surface area contributed by atoms with Crippen LogP contribution >= 0.6 is 0 Å². The summed E-state index contributed by atoms with van der Waals surface area (Å²) in [5.41, 5.74) is 11.9. The molecule has 1 aliphatic rings. The highest BCUT2D eigenvalue weighted by Gasteiger charge is 2.36. The summed E-state index contributed by atoms with van der Waals surface area (Å²) in [4.78, 5) is 0. The minimum Gasteiger partial charge on any atom is -0.399 e. The molecule has 3 N–H and O–H groups in total. The van der Waals surface area contributed by atoms with Crippen LogP contribution in [-0.2, 0) is 18.4 Å². The number of nitrogens with two attached hydrogens (primary N) is 1. The lowest BCUT2D eigenvalue weighted by Gasteiger charge is -2.24. The number of anilines is 1. The Kier molecular flexibility index (Phi) is 3.06. The van der Waals surface area contributed by atoms with E-state index in [9.17, 15) is 5.11 Å². The maximum absolute atomic E-state index is 11.0. The van der Waals surface area contributed by atoms with Crippen LogP contribution in [0.25, 0.3) is 0 Å². The smallest absolute Gasteiger partial charge is 0.0942 e. The fraction of sp³-hybridized carbons (Fsp3) is 0.333. The maximum atomic E-state index is 11.0. The number of fused-ring (bicyclic) bond motifs is 1. The first kappa shape index (κ1) is 13.2. The Morgan fingerprint density at radius 1 is 1.10 bits per heavy atom. The number of aliphatic hydroxyl groups is 1. The predicted molar refractivity (Wildman–Crippen MR) is 82.7 cm³/mol. The molecule has 1 atom stereocenters. The van der Waals surface area contributed by atoms with E-state index >= 15 is 0 Å². The van der Waals surface area contributed by atoms with Crippen LogP contribution in [0.4, 0.5) is 5.69 Å². The number of nitrogen functional groups attached to an aromatic ring is 1. The Labute approximate surface area is 120 Å². The van der Waals surface area contributed by atoms with E-state index in [1.165, 1.54) is 22.3 Å². The number of benzene rings is 2. The fourth-order valence-electron chi connectivity index (χ4n) is 3.19. The quantitative estimate of drug-likeness (QED) is 0.820. The highest BCUT2D eigenvalue weighted by atomic mass is 16.3. The second kappa shape index (κ2) is 4.64. The molecular weight excluding hydrogens is 246 g/mol. The Hall–Kier alpha value is -1.80. The van der Waals surface area contributed by atoms with Crippen LogP contribution in [0.3, 0.4) is 0 Å². The Morgan fingerprint density at radius 2 is 1.90 bits per heavy atom. The molecule has 1 unspecified atom stereocenters. The lowest BCUT2D eigenvalue weighted by molar-refractivity contribution is 0.0389. The standard InChI is InChI=1S/C18H21NO/c1-12-3-4-14(9-13(12)2)11-18(20)8-7-15-10-16(19)5-6-17(15)18/h3-6,9-10,20H,7-8,11,19H2,1-2H3. The summed E-state index contributed by atoms with van der Waals surface area (Å²) in [5, 5.41) is 11.0. The van der Waals surface area contributed by atoms with Crippen molar-refractivity contribution in [1.82, 2.24) is 0 Å². The van der Waals surface area contributed by atoms with Crippen molar-refractivity contribution in [2.24, 2.45) is 0 Å². The molecule has 20 heavy (non-hydrogen) atoms. The van der Waals surface area contributed by atoms with Gasteiger partial charge in [-0.2, -0.15) is 0 Å². The summed E-state index contributed by atoms with van der Waals surface area (Å²) in [6.45, 7) is 4.23. The Morgan fingerprint density at radius 3 is 2.65 bits per heavy atom. The average Bonchev–Trinajstić information content (AvgIpc) is 2.71. The molecule has 0 spiro atoms. The van der Waals surface area contributed by atoms with Crippen LogP contribution in [0.2, 0.25) is 0 Å².